The molecule has 1 fully saturated rings. The number of morpholine rings is 1. The Hall–Kier alpha value is -3.43. The number of halogens is 3. The molecule has 1 aliphatic heterocycles. The number of nitrogen functional groups attached to an aromatic ring is 1. The topological polar surface area (TPSA) is 155 Å². The minimum absolute atomic E-state index is 0.0481. The highest BCUT2D eigenvalue weighted by Gasteiger charge is 2.37. The maximum atomic E-state index is 13.7. The van der Waals surface area contributed by atoms with E-state index < -0.39 is 34.6 Å². The number of nitrogens with two attached hydrogens (primary N) is 1. The Labute approximate surface area is 187 Å². The normalized spacial score (nSPS) is 15.3. The van der Waals surface area contributed by atoms with Gasteiger partial charge in [-0.05, 0) is 18.2 Å². The van der Waals surface area contributed by atoms with Gasteiger partial charge in [0.05, 0.1) is 24.6 Å². The summed E-state index contributed by atoms with van der Waals surface area (Å²) < 4.78 is 70.9. The molecule has 0 saturated carbocycles. The van der Waals surface area contributed by atoms with Gasteiger partial charge >= 0.3 is 6.18 Å². The largest absolute Gasteiger partial charge is 0.755 e. The molecule has 3 N–H and O–H groups in total. The van der Waals surface area contributed by atoms with Crippen molar-refractivity contribution < 1.29 is 26.7 Å². The lowest BCUT2D eigenvalue weighted by Gasteiger charge is -2.27. The van der Waals surface area contributed by atoms with Gasteiger partial charge in [0.1, 0.15) is 5.82 Å². The van der Waals surface area contributed by atoms with Crippen molar-refractivity contribution in [1.82, 2.24) is 24.9 Å². The molecule has 3 aromatic rings. The fraction of sp³-hybridized carbons (Fsp3) is 0.278. The summed E-state index contributed by atoms with van der Waals surface area (Å²) in [6, 6.07) is 4.35. The standard InChI is InChI=1S/C18H17F3N8O3S/c19-18(20,21)14-11(9-24-16(22)27-14)13-8-12(10-2-1-3-23-15(10)28-33(30)31)25-17(26-13)29-4-6-32-7-5-29/h1-3,8-9H,4-7H2,(H,23,28)(H,30,31)(H2,22,24,27)/p-1. The third-order valence-electron chi connectivity index (χ3n) is 4.62. The fourth-order valence-corrected chi connectivity index (χ4v) is 3.51. The van der Waals surface area contributed by atoms with Gasteiger partial charge in [-0.1, -0.05) is 0 Å². The molecule has 0 radical (unpaired) electrons. The van der Waals surface area contributed by atoms with Gasteiger partial charge in [-0.15, -0.1) is 0 Å². The smallest absolute Gasteiger partial charge is 0.434 e. The summed E-state index contributed by atoms with van der Waals surface area (Å²) in [6.45, 7) is 1.60. The monoisotopic (exact) mass is 481 g/mol. The molecule has 1 aliphatic rings. The van der Waals surface area contributed by atoms with Crippen LogP contribution in [0.3, 0.4) is 0 Å². The van der Waals surface area contributed by atoms with E-state index in [4.69, 9.17) is 10.5 Å². The summed E-state index contributed by atoms with van der Waals surface area (Å²) in [7, 11) is 0. The van der Waals surface area contributed by atoms with E-state index in [9.17, 15) is 21.9 Å². The third kappa shape index (κ3) is 5.15. The SMILES string of the molecule is Nc1ncc(-c2cc(-c3cccnc3NS(=O)[O-])nc(N3CCOCC3)n2)c(C(F)(F)F)n1. The van der Waals surface area contributed by atoms with Crippen LogP contribution in [0.4, 0.5) is 30.9 Å². The summed E-state index contributed by atoms with van der Waals surface area (Å²) in [4.78, 5) is 21.6. The second-order valence-corrected chi connectivity index (χ2v) is 7.44. The number of aromatic nitrogens is 5. The molecule has 11 nitrogen and oxygen atoms in total. The van der Waals surface area contributed by atoms with Crippen LogP contribution in [0.1, 0.15) is 5.69 Å². The fourth-order valence-electron chi connectivity index (χ4n) is 3.19. The molecule has 0 aliphatic carbocycles. The zero-order valence-electron chi connectivity index (χ0n) is 16.7. The van der Waals surface area contributed by atoms with Crippen LogP contribution in [0, 0.1) is 0 Å². The summed E-state index contributed by atoms with van der Waals surface area (Å²) in [6.07, 6.45) is -2.52. The minimum atomic E-state index is -4.82. The highest BCUT2D eigenvalue weighted by Crippen LogP contribution is 2.37. The third-order valence-corrected chi connectivity index (χ3v) is 4.98. The lowest BCUT2D eigenvalue weighted by Crippen LogP contribution is -2.37. The Morgan fingerprint density at radius 1 is 1.12 bits per heavy atom. The Morgan fingerprint density at radius 2 is 1.82 bits per heavy atom. The molecule has 15 heteroatoms. The van der Waals surface area contributed by atoms with Gasteiger partial charge in [-0.3, -0.25) is 8.93 Å². The summed E-state index contributed by atoms with van der Waals surface area (Å²) >= 11 is -2.69. The van der Waals surface area contributed by atoms with E-state index in [0.717, 1.165) is 6.20 Å². The van der Waals surface area contributed by atoms with E-state index in [-0.39, 0.29) is 28.7 Å². The van der Waals surface area contributed by atoms with E-state index >= 15 is 0 Å². The average Bonchev–Trinajstić information content (AvgIpc) is 2.79. The molecule has 1 saturated heterocycles. The van der Waals surface area contributed by atoms with Crippen LogP contribution in [0.15, 0.2) is 30.6 Å². The summed E-state index contributed by atoms with van der Waals surface area (Å²) in [5.41, 5.74) is 4.00. The predicted molar refractivity (Wildman–Crippen MR) is 111 cm³/mol. The van der Waals surface area contributed by atoms with Crippen molar-refractivity contribution in [2.75, 3.05) is 41.7 Å². The van der Waals surface area contributed by atoms with Crippen LogP contribution in [-0.2, 0) is 22.2 Å². The number of anilines is 3. The lowest BCUT2D eigenvalue weighted by atomic mass is 10.1. The van der Waals surface area contributed by atoms with Crippen LogP contribution in [-0.4, -0.2) is 60.0 Å². The van der Waals surface area contributed by atoms with Crippen molar-refractivity contribution in [2.45, 2.75) is 6.18 Å². The zero-order valence-corrected chi connectivity index (χ0v) is 17.6. The first-order valence-electron chi connectivity index (χ1n) is 9.45. The number of alkyl halides is 3. The van der Waals surface area contributed by atoms with Crippen LogP contribution in [0.25, 0.3) is 22.5 Å². The minimum Gasteiger partial charge on any atom is -0.755 e. The summed E-state index contributed by atoms with van der Waals surface area (Å²) in [5.74, 6) is -0.452. The van der Waals surface area contributed by atoms with Crippen molar-refractivity contribution in [3.63, 3.8) is 0 Å². The lowest BCUT2D eigenvalue weighted by molar-refractivity contribution is -0.140. The number of ether oxygens (including phenoxy) is 1. The number of nitrogens with one attached hydrogen (secondary N) is 1. The quantitative estimate of drug-likeness (QED) is 0.514. The predicted octanol–water partition coefficient (Wildman–Crippen LogP) is 1.64. The van der Waals surface area contributed by atoms with E-state index in [0.29, 0.717) is 26.3 Å². The molecule has 1 atom stereocenters. The number of rotatable bonds is 5. The number of pyridine rings is 1. The molecule has 4 rings (SSSR count). The Balaban J connectivity index is 1.92. The number of hydrogen-bond acceptors (Lipinski definition) is 10. The van der Waals surface area contributed by atoms with Crippen molar-refractivity contribution >= 4 is 29.0 Å². The number of hydrogen-bond donors (Lipinski definition) is 2. The first-order chi connectivity index (χ1) is 15.7. The van der Waals surface area contributed by atoms with E-state index in [1.54, 1.807) is 4.90 Å². The van der Waals surface area contributed by atoms with Crippen molar-refractivity contribution in [3.8, 4) is 22.5 Å². The molecule has 0 amide bonds. The Kier molecular flexibility index (Phi) is 6.35. The van der Waals surface area contributed by atoms with Gasteiger partial charge in [0.15, 0.2) is 5.69 Å². The van der Waals surface area contributed by atoms with Crippen LogP contribution < -0.4 is 15.4 Å². The molecule has 0 spiro atoms. The first-order valence-corrected chi connectivity index (χ1v) is 10.5. The van der Waals surface area contributed by atoms with Gasteiger partial charge in [-0.25, -0.2) is 24.9 Å². The molecule has 0 aromatic carbocycles. The highest BCUT2D eigenvalue weighted by molar-refractivity contribution is 7.80. The van der Waals surface area contributed by atoms with Crippen LogP contribution >= 0.6 is 0 Å². The van der Waals surface area contributed by atoms with Gasteiger partial charge < -0.3 is 19.9 Å². The van der Waals surface area contributed by atoms with Gasteiger partial charge in [0, 0.05) is 47.9 Å². The van der Waals surface area contributed by atoms with Gasteiger partial charge in [0.2, 0.25) is 11.9 Å². The molecule has 0 bridgehead atoms. The van der Waals surface area contributed by atoms with Crippen molar-refractivity contribution in [3.05, 3.63) is 36.3 Å². The zero-order chi connectivity index (χ0) is 23.6. The molecular formula is C18H16F3N8O3S-. The summed E-state index contributed by atoms with van der Waals surface area (Å²) in [5, 5.41) is 0. The highest BCUT2D eigenvalue weighted by atomic mass is 32.2. The van der Waals surface area contributed by atoms with Crippen molar-refractivity contribution in [2.24, 2.45) is 0 Å². The van der Waals surface area contributed by atoms with E-state index in [1.807, 2.05) is 0 Å². The molecule has 174 valence electrons. The van der Waals surface area contributed by atoms with Gasteiger partial charge in [-0.2, -0.15) is 13.2 Å². The van der Waals surface area contributed by atoms with E-state index in [1.165, 1.54) is 24.4 Å². The molecule has 1 unspecified atom stereocenters. The Morgan fingerprint density at radius 3 is 2.48 bits per heavy atom. The van der Waals surface area contributed by atoms with Crippen molar-refractivity contribution in [1.29, 1.82) is 0 Å². The number of nitrogens with zero attached hydrogens (tertiary/aromatic N) is 6. The molecule has 33 heavy (non-hydrogen) atoms. The molecule has 3 aromatic heterocycles. The van der Waals surface area contributed by atoms with Crippen LogP contribution in [0.5, 0.6) is 0 Å². The second kappa shape index (κ2) is 9.21. The maximum Gasteiger partial charge on any atom is 0.434 e. The van der Waals surface area contributed by atoms with Gasteiger partial charge in [0.25, 0.3) is 0 Å². The van der Waals surface area contributed by atoms with E-state index in [2.05, 4.69) is 29.6 Å². The first kappa shape index (κ1) is 22.8. The molecular weight excluding hydrogens is 465 g/mol. The van der Waals surface area contributed by atoms with Crippen LogP contribution in [0.2, 0.25) is 0 Å². The average molecular weight is 481 g/mol. The second-order valence-electron chi connectivity index (χ2n) is 6.76. The maximum absolute atomic E-state index is 13.7. The Bertz CT molecular complexity index is 1190. The molecule has 4 heterocycles.